The number of aliphatic hydroxyl groups is 1. The van der Waals surface area contributed by atoms with Crippen molar-refractivity contribution in [2.75, 3.05) is 26.2 Å². The molecule has 0 bridgehead atoms. The number of rotatable bonds is 2. The minimum absolute atomic E-state index is 0.271. The molecule has 1 aliphatic rings. The molecule has 0 spiro atoms. The minimum atomic E-state index is -4.62. The molecule has 0 saturated carbocycles. The average Bonchev–Trinajstić information content (AvgIpc) is 2.28. The molecule has 0 radical (unpaired) electrons. The Morgan fingerprint density at radius 3 is 2.33 bits per heavy atom. The molecule has 8 heteroatoms. The van der Waals surface area contributed by atoms with Crippen molar-refractivity contribution in [3.05, 3.63) is 0 Å². The molecule has 1 heterocycles. The van der Waals surface area contributed by atoms with Crippen LogP contribution in [0.3, 0.4) is 0 Å². The van der Waals surface area contributed by atoms with E-state index in [1.165, 1.54) is 9.80 Å². The number of β-amino-alcohol motifs (C(OH)–C–C–N with tert-alkyl or cyclic N) is 1. The van der Waals surface area contributed by atoms with Crippen LogP contribution in [0.15, 0.2) is 0 Å². The summed E-state index contributed by atoms with van der Waals surface area (Å²) >= 11 is 0. The molecule has 1 N–H and O–H groups in total. The fourth-order valence-corrected chi connectivity index (χ4v) is 2.08. The van der Waals surface area contributed by atoms with Crippen molar-refractivity contribution in [2.24, 2.45) is 0 Å². The molecule has 124 valence electrons. The number of hydrogen-bond acceptors (Lipinski definition) is 4. The van der Waals surface area contributed by atoms with Crippen molar-refractivity contribution in [3.63, 3.8) is 0 Å². The third-order valence-electron chi connectivity index (χ3n) is 3.20. The molecule has 0 aromatic carbocycles. The van der Waals surface area contributed by atoms with Gasteiger partial charge >= 0.3 is 12.3 Å². The van der Waals surface area contributed by atoms with Gasteiger partial charge in [-0.2, -0.15) is 13.2 Å². The smallest absolute Gasteiger partial charge is 0.415 e. The highest BCUT2D eigenvalue weighted by Gasteiger charge is 2.41. The summed E-state index contributed by atoms with van der Waals surface area (Å²) < 4.78 is 42.3. The lowest BCUT2D eigenvalue weighted by molar-refractivity contribution is -0.210. The van der Waals surface area contributed by atoms with Crippen molar-refractivity contribution < 1.29 is 27.8 Å². The Kier molecular flexibility index (Phi) is 5.49. The van der Waals surface area contributed by atoms with Gasteiger partial charge in [0.05, 0.1) is 0 Å². The topological polar surface area (TPSA) is 53.0 Å². The fraction of sp³-hybridized carbons (Fsp3) is 0.923. The SMILES string of the molecule is C[C@H]1CN(C(=O)OC(C)(C)C)CCN1C[C@H](O)C(F)(F)F. The number of piperazine rings is 1. The number of carbonyl (C=O) groups excluding carboxylic acids is 1. The van der Waals surface area contributed by atoms with Gasteiger partial charge in [0.25, 0.3) is 0 Å². The molecule has 21 heavy (non-hydrogen) atoms. The fourth-order valence-electron chi connectivity index (χ4n) is 2.08. The first-order valence-corrected chi connectivity index (χ1v) is 6.87. The normalized spacial score (nSPS) is 23.0. The maximum absolute atomic E-state index is 12.4. The molecular formula is C13H23F3N2O3. The van der Waals surface area contributed by atoms with Gasteiger partial charge in [0.2, 0.25) is 0 Å². The van der Waals surface area contributed by atoms with Crippen LogP contribution >= 0.6 is 0 Å². The predicted octanol–water partition coefficient (Wildman–Crippen LogP) is 1.85. The summed E-state index contributed by atoms with van der Waals surface area (Å²) in [6.07, 6.45) is -7.46. The maximum Gasteiger partial charge on any atom is 0.415 e. The zero-order chi connectivity index (χ0) is 16.4. The van der Waals surface area contributed by atoms with E-state index in [-0.39, 0.29) is 25.7 Å². The third kappa shape index (κ3) is 5.70. The molecular weight excluding hydrogens is 289 g/mol. The van der Waals surface area contributed by atoms with Crippen molar-refractivity contribution >= 4 is 6.09 Å². The average molecular weight is 312 g/mol. The number of halogens is 3. The second kappa shape index (κ2) is 6.39. The van der Waals surface area contributed by atoms with Gasteiger partial charge in [0.1, 0.15) is 5.60 Å². The van der Waals surface area contributed by atoms with E-state index in [4.69, 9.17) is 9.84 Å². The van der Waals surface area contributed by atoms with Crippen molar-refractivity contribution in [3.8, 4) is 0 Å². The van der Waals surface area contributed by atoms with E-state index in [1.807, 2.05) is 0 Å². The lowest BCUT2D eigenvalue weighted by Crippen LogP contribution is -2.57. The zero-order valence-corrected chi connectivity index (χ0v) is 12.8. The van der Waals surface area contributed by atoms with Crippen LogP contribution in [0.1, 0.15) is 27.7 Å². The summed E-state index contributed by atoms with van der Waals surface area (Å²) in [7, 11) is 0. The largest absolute Gasteiger partial charge is 0.444 e. The van der Waals surface area contributed by atoms with E-state index in [0.29, 0.717) is 0 Å². The summed E-state index contributed by atoms with van der Waals surface area (Å²) in [5.74, 6) is 0. The predicted molar refractivity (Wildman–Crippen MR) is 70.9 cm³/mol. The van der Waals surface area contributed by atoms with Crippen LogP contribution in [-0.2, 0) is 4.74 Å². The van der Waals surface area contributed by atoms with Crippen LogP contribution in [0.25, 0.3) is 0 Å². The summed E-state index contributed by atoms with van der Waals surface area (Å²) in [6, 6.07) is -0.275. The molecule has 5 nitrogen and oxygen atoms in total. The van der Waals surface area contributed by atoms with E-state index in [1.54, 1.807) is 27.7 Å². The first-order valence-electron chi connectivity index (χ1n) is 6.87. The molecule has 2 atom stereocenters. The first-order chi connectivity index (χ1) is 9.40. The van der Waals surface area contributed by atoms with E-state index >= 15 is 0 Å². The second-order valence-corrected chi connectivity index (χ2v) is 6.33. The molecule has 1 amide bonds. The maximum atomic E-state index is 12.4. The highest BCUT2D eigenvalue weighted by molar-refractivity contribution is 5.68. The van der Waals surface area contributed by atoms with Gasteiger partial charge in [0.15, 0.2) is 6.10 Å². The van der Waals surface area contributed by atoms with E-state index in [2.05, 4.69) is 0 Å². The van der Waals surface area contributed by atoms with Gasteiger partial charge in [-0.05, 0) is 27.7 Å². The molecule has 0 aromatic rings. The Labute approximate surface area is 122 Å². The van der Waals surface area contributed by atoms with E-state index in [0.717, 1.165) is 0 Å². The highest BCUT2D eigenvalue weighted by Crippen LogP contribution is 2.22. The summed E-state index contributed by atoms with van der Waals surface area (Å²) in [6.45, 7) is 7.34. The van der Waals surface area contributed by atoms with Crippen molar-refractivity contribution in [1.82, 2.24) is 9.80 Å². The molecule has 1 fully saturated rings. The van der Waals surface area contributed by atoms with Gasteiger partial charge < -0.3 is 14.7 Å². The molecule has 1 saturated heterocycles. The van der Waals surface area contributed by atoms with Crippen LogP contribution in [0.5, 0.6) is 0 Å². The Morgan fingerprint density at radius 2 is 1.90 bits per heavy atom. The number of amides is 1. The van der Waals surface area contributed by atoms with Crippen LogP contribution in [0.4, 0.5) is 18.0 Å². The van der Waals surface area contributed by atoms with Crippen LogP contribution in [-0.4, -0.2) is 71.1 Å². The minimum Gasteiger partial charge on any atom is -0.444 e. The van der Waals surface area contributed by atoms with Crippen LogP contribution < -0.4 is 0 Å². The lowest BCUT2D eigenvalue weighted by atomic mass is 10.1. The zero-order valence-electron chi connectivity index (χ0n) is 12.8. The molecule has 0 unspecified atom stereocenters. The Hall–Kier alpha value is -1.02. The standard InChI is InChI=1S/C13H23F3N2O3/c1-9-7-18(11(20)21-12(2,3)4)6-5-17(9)8-10(19)13(14,15)16/h9-10,19H,5-8H2,1-4H3/t9-,10-/m0/s1. The second-order valence-electron chi connectivity index (χ2n) is 6.33. The molecule has 0 aromatic heterocycles. The Balaban J connectivity index is 2.53. The number of hydrogen-bond donors (Lipinski definition) is 1. The number of nitrogens with zero attached hydrogens (tertiary/aromatic N) is 2. The van der Waals surface area contributed by atoms with Gasteiger partial charge in [0, 0.05) is 32.2 Å². The molecule has 1 aliphatic heterocycles. The number of ether oxygens (including phenoxy) is 1. The van der Waals surface area contributed by atoms with Crippen LogP contribution in [0.2, 0.25) is 0 Å². The van der Waals surface area contributed by atoms with Crippen molar-refractivity contribution in [2.45, 2.75) is 51.6 Å². The van der Waals surface area contributed by atoms with E-state index < -0.39 is 30.5 Å². The Bertz CT molecular complexity index is 369. The molecule has 1 rings (SSSR count). The first kappa shape index (κ1) is 18.0. The van der Waals surface area contributed by atoms with Crippen LogP contribution in [0, 0.1) is 0 Å². The summed E-state index contributed by atoms with van der Waals surface area (Å²) in [5, 5.41) is 9.11. The van der Waals surface area contributed by atoms with Gasteiger partial charge in [-0.1, -0.05) is 0 Å². The van der Waals surface area contributed by atoms with Gasteiger partial charge in [-0.15, -0.1) is 0 Å². The van der Waals surface area contributed by atoms with Gasteiger partial charge in [-0.3, -0.25) is 4.90 Å². The van der Waals surface area contributed by atoms with Crippen molar-refractivity contribution in [1.29, 1.82) is 0 Å². The van der Waals surface area contributed by atoms with E-state index in [9.17, 15) is 18.0 Å². The number of alkyl halides is 3. The molecule has 0 aliphatic carbocycles. The number of carbonyl (C=O) groups is 1. The summed E-state index contributed by atoms with van der Waals surface area (Å²) in [5.41, 5.74) is -0.607. The monoisotopic (exact) mass is 312 g/mol. The Morgan fingerprint density at radius 1 is 1.33 bits per heavy atom. The quantitative estimate of drug-likeness (QED) is 0.845. The number of aliphatic hydroxyl groups excluding tert-OH is 1. The van der Waals surface area contributed by atoms with Gasteiger partial charge in [-0.25, -0.2) is 4.79 Å². The lowest BCUT2D eigenvalue weighted by Gasteiger charge is -2.40. The highest BCUT2D eigenvalue weighted by atomic mass is 19.4. The third-order valence-corrected chi connectivity index (χ3v) is 3.20. The summed E-state index contributed by atoms with van der Waals surface area (Å²) in [4.78, 5) is 14.9.